The Morgan fingerprint density at radius 3 is 1.95 bits per heavy atom. The first kappa shape index (κ1) is 15.2. The Kier molecular flexibility index (Phi) is 6.67. The van der Waals surface area contributed by atoms with Gasteiger partial charge in [-0.05, 0) is 35.1 Å². The van der Waals surface area contributed by atoms with Crippen molar-refractivity contribution in [1.82, 2.24) is 0 Å². The highest BCUT2D eigenvalue weighted by molar-refractivity contribution is 5.65. The average molecular weight is 252 g/mol. The molecule has 0 heteroatoms. The zero-order valence-corrected chi connectivity index (χ0v) is 12.3. The van der Waals surface area contributed by atoms with Crippen LogP contribution in [0.2, 0.25) is 0 Å². The Morgan fingerprint density at radius 2 is 1.42 bits per heavy atom. The van der Waals surface area contributed by atoms with Crippen molar-refractivity contribution in [2.24, 2.45) is 0 Å². The number of hydrogen-bond donors (Lipinski definition) is 0. The van der Waals surface area contributed by atoms with Crippen molar-refractivity contribution in [2.75, 3.05) is 0 Å². The Labute approximate surface area is 117 Å². The molecule has 0 spiro atoms. The predicted molar refractivity (Wildman–Crippen MR) is 86.3 cm³/mol. The summed E-state index contributed by atoms with van der Waals surface area (Å²) in [6.45, 7) is 10.4. The first-order chi connectivity index (χ1) is 9.29. The molecule has 0 heterocycles. The SMILES string of the molecule is C=C(Cc1ccccc1)c1ccc(CC)cc1.CC. The number of hydrogen-bond acceptors (Lipinski definition) is 0. The van der Waals surface area contributed by atoms with Crippen molar-refractivity contribution in [3.63, 3.8) is 0 Å². The van der Waals surface area contributed by atoms with E-state index in [9.17, 15) is 0 Å². The summed E-state index contributed by atoms with van der Waals surface area (Å²) in [5.74, 6) is 0. The molecule has 0 nitrogen and oxygen atoms in total. The molecule has 0 aliphatic rings. The Morgan fingerprint density at radius 1 is 0.842 bits per heavy atom. The van der Waals surface area contributed by atoms with Crippen molar-refractivity contribution >= 4 is 5.57 Å². The second-order valence-electron chi connectivity index (χ2n) is 4.32. The molecule has 2 aromatic rings. The molecule has 0 N–H and O–H groups in total. The summed E-state index contributed by atoms with van der Waals surface area (Å²) < 4.78 is 0. The quantitative estimate of drug-likeness (QED) is 0.671. The van der Waals surface area contributed by atoms with Crippen LogP contribution in [-0.2, 0) is 12.8 Å². The van der Waals surface area contributed by atoms with Crippen LogP contribution in [0.4, 0.5) is 0 Å². The number of rotatable bonds is 4. The predicted octanol–water partition coefficient (Wildman–Crippen LogP) is 5.53. The van der Waals surface area contributed by atoms with Gasteiger partial charge in [0.25, 0.3) is 0 Å². The van der Waals surface area contributed by atoms with Gasteiger partial charge in [0.05, 0.1) is 0 Å². The topological polar surface area (TPSA) is 0 Å². The van der Waals surface area contributed by atoms with Crippen molar-refractivity contribution in [1.29, 1.82) is 0 Å². The van der Waals surface area contributed by atoms with Crippen LogP contribution in [0.15, 0.2) is 61.2 Å². The molecule has 0 aromatic heterocycles. The van der Waals surface area contributed by atoms with Crippen molar-refractivity contribution in [2.45, 2.75) is 33.6 Å². The van der Waals surface area contributed by atoms with Gasteiger partial charge in [-0.1, -0.05) is 81.9 Å². The van der Waals surface area contributed by atoms with Crippen LogP contribution in [0.3, 0.4) is 0 Å². The fraction of sp³-hybridized carbons (Fsp3) is 0.263. The third kappa shape index (κ3) is 4.75. The molecule has 0 atom stereocenters. The van der Waals surface area contributed by atoms with Crippen molar-refractivity contribution in [3.8, 4) is 0 Å². The summed E-state index contributed by atoms with van der Waals surface area (Å²) in [5, 5.41) is 0. The summed E-state index contributed by atoms with van der Waals surface area (Å²) in [6.07, 6.45) is 2.01. The third-order valence-electron chi connectivity index (χ3n) is 3.03. The van der Waals surface area contributed by atoms with Crippen molar-refractivity contribution < 1.29 is 0 Å². The minimum Gasteiger partial charge on any atom is -0.0949 e. The molecule has 0 unspecified atom stereocenters. The van der Waals surface area contributed by atoms with Gasteiger partial charge in [0.15, 0.2) is 0 Å². The van der Waals surface area contributed by atoms with Gasteiger partial charge in [0, 0.05) is 0 Å². The van der Waals surface area contributed by atoms with Crippen molar-refractivity contribution in [3.05, 3.63) is 77.9 Å². The third-order valence-corrected chi connectivity index (χ3v) is 3.03. The van der Waals surface area contributed by atoms with E-state index in [1.165, 1.54) is 22.3 Å². The standard InChI is InChI=1S/C17H18.C2H6/c1-3-15-9-11-17(12-10-15)14(2)13-16-7-5-4-6-8-16;1-2/h4-12H,2-3,13H2,1H3;1-2H3. The molecule has 0 radical (unpaired) electrons. The largest absolute Gasteiger partial charge is 0.0949 e. The number of allylic oxidation sites excluding steroid dienone is 1. The normalized spacial score (nSPS) is 9.42. The van der Waals surface area contributed by atoms with Crippen LogP contribution in [0.1, 0.15) is 37.5 Å². The van der Waals surface area contributed by atoms with Gasteiger partial charge < -0.3 is 0 Å². The van der Waals surface area contributed by atoms with E-state index >= 15 is 0 Å². The highest BCUT2D eigenvalue weighted by Crippen LogP contribution is 2.18. The maximum atomic E-state index is 4.18. The summed E-state index contributed by atoms with van der Waals surface area (Å²) in [4.78, 5) is 0. The molecule has 0 aliphatic heterocycles. The average Bonchev–Trinajstić information content (AvgIpc) is 2.50. The molecular weight excluding hydrogens is 228 g/mol. The lowest BCUT2D eigenvalue weighted by Crippen LogP contribution is -1.90. The van der Waals surface area contributed by atoms with Gasteiger partial charge in [-0.2, -0.15) is 0 Å². The molecule has 0 amide bonds. The van der Waals surface area contributed by atoms with E-state index in [4.69, 9.17) is 0 Å². The summed E-state index contributed by atoms with van der Waals surface area (Å²) in [6, 6.07) is 19.2. The Hall–Kier alpha value is -1.82. The second kappa shape index (κ2) is 8.31. The van der Waals surface area contributed by atoms with Crippen LogP contribution >= 0.6 is 0 Å². The minimum absolute atomic E-state index is 0.923. The molecule has 0 saturated carbocycles. The maximum Gasteiger partial charge on any atom is -0.00257 e. The highest BCUT2D eigenvalue weighted by atomic mass is 14.1. The van der Waals surface area contributed by atoms with Crippen LogP contribution in [0.5, 0.6) is 0 Å². The number of aryl methyl sites for hydroxylation is 1. The van der Waals surface area contributed by atoms with E-state index in [1.54, 1.807) is 0 Å². The van der Waals surface area contributed by atoms with E-state index in [1.807, 2.05) is 19.9 Å². The van der Waals surface area contributed by atoms with E-state index in [2.05, 4.69) is 62.0 Å². The Balaban J connectivity index is 0.000000861. The molecule has 2 aromatic carbocycles. The van der Waals surface area contributed by atoms with Gasteiger partial charge in [-0.25, -0.2) is 0 Å². The second-order valence-corrected chi connectivity index (χ2v) is 4.32. The summed E-state index contributed by atoms with van der Waals surface area (Å²) in [5.41, 5.74) is 5.11. The molecule has 0 aliphatic carbocycles. The van der Waals surface area contributed by atoms with Crippen LogP contribution in [0.25, 0.3) is 5.57 Å². The van der Waals surface area contributed by atoms with Crippen LogP contribution < -0.4 is 0 Å². The van der Waals surface area contributed by atoms with Gasteiger partial charge in [0.1, 0.15) is 0 Å². The molecule has 0 bridgehead atoms. The fourth-order valence-electron chi connectivity index (χ4n) is 1.92. The van der Waals surface area contributed by atoms with Gasteiger partial charge >= 0.3 is 0 Å². The van der Waals surface area contributed by atoms with E-state index in [-0.39, 0.29) is 0 Å². The monoisotopic (exact) mass is 252 g/mol. The maximum absolute atomic E-state index is 4.18. The lowest BCUT2D eigenvalue weighted by atomic mass is 9.98. The molecule has 2 rings (SSSR count). The first-order valence-corrected chi connectivity index (χ1v) is 7.10. The lowest BCUT2D eigenvalue weighted by Gasteiger charge is -2.07. The zero-order valence-electron chi connectivity index (χ0n) is 12.3. The molecule has 0 fully saturated rings. The molecule has 100 valence electrons. The van der Waals surface area contributed by atoms with E-state index in [0.717, 1.165) is 12.8 Å². The van der Waals surface area contributed by atoms with Gasteiger partial charge in [0.2, 0.25) is 0 Å². The number of benzene rings is 2. The first-order valence-electron chi connectivity index (χ1n) is 7.10. The van der Waals surface area contributed by atoms with E-state index < -0.39 is 0 Å². The minimum atomic E-state index is 0.923. The smallest absolute Gasteiger partial charge is 0.00257 e. The Bertz CT molecular complexity index is 477. The molecule has 0 saturated heterocycles. The van der Waals surface area contributed by atoms with Gasteiger partial charge in [-0.3, -0.25) is 0 Å². The summed E-state index contributed by atoms with van der Waals surface area (Å²) >= 11 is 0. The van der Waals surface area contributed by atoms with Crippen LogP contribution in [0, 0.1) is 0 Å². The summed E-state index contributed by atoms with van der Waals surface area (Å²) in [7, 11) is 0. The molecule has 19 heavy (non-hydrogen) atoms. The highest BCUT2D eigenvalue weighted by Gasteiger charge is 2.00. The lowest BCUT2D eigenvalue weighted by molar-refractivity contribution is 1.14. The fourth-order valence-corrected chi connectivity index (χ4v) is 1.92. The van der Waals surface area contributed by atoms with Crippen LogP contribution in [-0.4, -0.2) is 0 Å². The van der Waals surface area contributed by atoms with E-state index in [0.29, 0.717) is 0 Å². The zero-order chi connectivity index (χ0) is 14.1. The molecular formula is C19H24. The van der Waals surface area contributed by atoms with Gasteiger partial charge in [-0.15, -0.1) is 0 Å².